The van der Waals surface area contributed by atoms with Gasteiger partial charge in [0.2, 0.25) is 5.91 Å². The lowest BCUT2D eigenvalue weighted by molar-refractivity contribution is -0.133. The highest BCUT2D eigenvalue weighted by Gasteiger charge is 2.35. The van der Waals surface area contributed by atoms with E-state index in [0.29, 0.717) is 5.88 Å². The summed E-state index contributed by atoms with van der Waals surface area (Å²) in [5.41, 5.74) is 0. The lowest BCUT2D eigenvalue weighted by atomic mass is 10.0. The number of hydrogen-bond acceptors (Lipinski definition) is 3. The molecule has 0 atom stereocenters. The number of carbonyl (C=O) groups excluding carboxylic acids is 2. The number of nitrogens with zero attached hydrogens (tertiary/aromatic N) is 1. The van der Waals surface area contributed by atoms with Gasteiger partial charge in [-0.05, 0) is 25.7 Å². The summed E-state index contributed by atoms with van der Waals surface area (Å²) < 4.78 is 4.85. The van der Waals surface area contributed by atoms with Crippen LogP contribution in [0.25, 0.3) is 0 Å². The number of piperidine rings is 1. The number of alkyl halides is 1. The monoisotopic (exact) mass is 274 g/mol. The van der Waals surface area contributed by atoms with Gasteiger partial charge in [0.05, 0.1) is 5.88 Å². The van der Waals surface area contributed by atoms with E-state index in [0.717, 1.165) is 38.8 Å². The fourth-order valence-electron chi connectivity index (χ4n) is 2.17. The van der Waals surface area contributed by atoms with Crippen LogP contribution in [0.5, 0.6) is 0 Å². The molecule has 0 bridgehead atoms. The van der Waals surface area contributed by atoms with Crippen LogP contribution < -0.4 is 5.32 Å². The summed E-state index contributed by atoms with van der Waals surface area (Å²) in [6, 6.07) is 0.107. The van der Waals surface area contributed by atoms with Crippen molar-refractivity contribution in [3.8, 4) is 0 Å². The zero-order chi connectivity index (χ0) is 13.0. The Hall–Kier alpha value is -0.970. The molecule has 1 saturated heterocycles. The van der Waals surface area contributed by atoms with Crippen LogP contribution in [-0.4, -0.2) is 48.5 Å². The molecule has 0 radical (unpaired) electrons. The molecule has 2 fully saturated rings. The molecule has 2 amide bonds. The second-order valence-corrected chi connectivity index (χ2v) is 5.22. The molecule has 6 heteroatoms. The molecule has 2 aliphatic rings. The van der Waals surface area contributed by atoms with Gasteiger partial charge in [-0.15, -0.1) is 11.6 Å². The molecule has 1 aliphatic heterocycles. The van der Waals surface area contributed by atoms with Crippen molar-refractivity contribution in [1.82, 2.24) is 10.2 Å². The Morgan fingerprint density at radius 3 is 2.44 bits per heavy atom. The standard InChI is InChI=1S/C12H19ClN2O3/c13-5-8-18-12(17)14-10-3-6-15(7-4-10)11(16)9-1-2-9/h9-10H,1-8H2,(H,14,17). The molecule has 0 aromatic heterocycles. The van der Waals surface area contributed by atoms with Crippen LogP contribution in [0.2, 0.25) is 0 Å². The third-order valence-electron chi connectivity index (χ3n) is 3.37. The molecule has 2 rings (SSSR count). The number of amides is 2. The number of rotatable bonds is 4. The predicted octanol–water partition coefficient (Wildman–Crippen LogP) is 1.35. The number of alkyl carbamates (subject to hydrolysis) is 1. The summed E-state index contributed by atoms with van der Waals surface area (Å²) in [6.07, 6.45) is 3.27. The lowest BCUT2D eigenvalue weighted by Crippen LogP contribution is -2.47. The third-order valence-corrected chi connectivity index (χ3v) is 3.52. The topological polar surface area (TPSA) is 58.6 Å². The number of hydrogen-bond donors (Lipinski definition) is 1. The van der Waals surface area contributed by atoms with Crippen molar-refractivity contribution < 1.29 is 14.3 Å². The van der Waals surface area contributed by atoms with E-state index in [1.807, 2.05) is 4.90 Å². The van der Waals surface area contributed by atoms with Crippen LogP contribution in [0.3, 0.4) is 0 Å². The molecule has 0 aromatic rings. The minimum Gasteiger partial charge on any atom is -0.448 e. The van der Waals surface area contributed by atoms with Crippen molar-refractivity contribution in [2.75, 3.05) is 25.6 Å². The Bertz CT molecular complexity index is 312. The van der Waals surface area contributed by atoms with Crippen molar-refractivity contribution in [2.24, 2.45) is 5.92 Å². The smallest absolute Gasteiger partial charge is 0.407 e. The van der Waals surface area contributed by atoms with Gasteiger partial charge in [0.25, 0.3) is 0 Å². The largest absolute Gasteiger partial charge is 0.448 e. The molecule has 1 heterocycles. The number of carbonyl (C=O) groups is 2. The van der Waals surface area contributed by atoms with Crippen LogP contribution in [-0.2, 0) is 9.53 Å². The van der Waals surface area contributed by atoms with E-state index in [2.05, 4.69) is 5.32 Å². The average molecular weight is 275 g/mol. The summed E-state index contributed by atoms with van der Waals surface area (Å²) in [5, 5.41) is 2.80. The molecule has 1 aliphatic carbocycles. The Kier molecular flexibility index (Phi) is 4.69. The first-order valence-corrected chi connectivity index (χ1v) is 7.02. The summed E-state index contributed by atoms with van der Waals surface area (Å²) in [7, 11) is 0. The van der Waals surface area contributed by atoms with Gasteiger partial charge in [-0.1, -0.05) is 0 Å². The fourth-order valence-corrected chi connectivity index (χ4v) is 2.25. The maximum atomic E-state index is 11.8. The van der Waals surface area contributed by atoms with Gasteiger partial charge in [0.15, 0.2) is 0 Å². The van der Waals surface area contributed by atoms with Gasteiger partial charge in [-0.25, -0.2) is 4.79 Å². The molecule has 1 saturated carbocycles. The van der Waals surface area contributed by atoms with Crippen molar-refractivity contribution >= 4 is 23.6 Å². The molecule has 0 spiro atoms. The minimum atomic E-state index is -0.414. The highest BCUT2D eigenvalue weighted by molar-refractivity contribution is 6.18. The van der Waals surface area contributed by atoms with E-state index in [9.17, 15) is 9.59 Å². The van der Waals surface area contributed by atoms with E-state index in [1.54, 1.807) is 0 Å². The van der Waals surface area contributed by atoms with Crippen molar-refractivity contribution in [3.63, 3.8) is 0 Å². The second kappa shape index (κ2) is 6.27. The van der Waals surface area contributed by atoms with Gasteiger partial charge in [-0.3, -0.25) is 4.79 Å². The summed E-state index contributed by atoms with van der Waals surface area (Å²) in [5.74, 6) is 0.878. The first-order chi connectivity index (χ1) is 8.70. The van der Waals surface area contributed by atoms with Gasteiger partial charge in [-0.2, -0.15) is 0 Å². The Labute approximate surface area is 112 Å². The third kappa shape index (κ3) is 3.77. The second-order valence-electron chi connectivity index (χ2n) is 4.84. The van der Waals surface area contributed by atoms with Crippen molar-refractivity contribution in [3.05, 3.63) is 0 Å². The number of halogens is 1. The van der Waals surface area contributed by atoms with E-state index in [-0.39, 0.29) is 24.5 Å². The summed E-state index contributed by atoms with van der Waals surface area (Å²) >= 11 is 5.43. The van der Waals surface area contributed by atoms with Crippen LogP contribution in [0, 0.1) is 5.92 Å². The number of nitrogens with one attached hydrogen (secondary N) is 1. The van der Waals surface area contributed by atoms with E-state index < -0.39 is 6.09 Å². The van der Waals surface area contributed by atoms with Gasteiger partial charge < -0.3 is 15.0 Å². The Morgan fingerprint density at radius 2 is 1.89 bits per heavy atom. The summed E-state index contributed by atoms with van der Waals surface area (Å²) in [4.78, 5) is 25.1. The fraction of sp³-hybridized carbons (Fsp3) is 0.833. The molecule has 18 heavy (non-hydrogen) atoms. The van der Waals surface area contributed by atoms with Gasteiger partial charge >= 0.3 is 6.09 Å². The normalized spacial score (nSPS) is 20.6. The lowest BCUT2D eigenvalue weighted by Gasteiger charge is -2.32. The number of likely N-dealkylation sites (tertiary alicyclic amines) is 1. The molecule has 1 N–H and O–H groups in total. The van der Waals surface area contributed by atoms with Crippen LogP contribution in [0.1, 0.15) is 25.7 Å². The first kappa shape index (κ1) is 13.5. The maximum absolute atomic E-state index is 11.8. The van der Waals surface area contributed by atoms with E-state index >= 15 is 0 Å². The highest BCUT2D eigenvalue weighted by atomic mass is 35.5. The molecule has 0 unspecified atom stereocenters. The zero-order valence-corrected chi connectivity index (χ0v) is 11.1. The first-order valence-electron chi connectivity index (χ1n) is 6.48. The average Bonchev–Trinajstić information content (AvgIpc) is 3.21. The molecule has 0 aromatic carbocycles. The molecule has 5 nitrogen and oxygen atoms in total. The van der Waals surface area contributed by atoms with Crippen LogP contribution in [0.15, 0.2) is 0 Å². The van der Waals surface area contributed by atoms with Gasteiger partial charge in [0.1, 0.15) is 6.61 Å². The molecular weight excluding hydrogens is 256 g/mol. The highest BCUT2D eigenvalue weighted by Crippen LogP contribution is 2.31. The quantitative estimate of drug-likeness (QED) is 0.788. The van der Waals surface area contributed by atoms with Crippen LogP contribution >= 0.6 is 11.6 Å². The molecule has 102 valence electrons. The Balaban J connectivity index is 1.66. The molecular formula is C12H19ClN2O3. The minimum absolute atomic E-state index is 0.107. The predicted molar refractivity (Wildman–Crippen MR) is 67.5 cm³/mol. The van der Waals surface area contributed by atoms with E-state index in [1.165, 1.54) is 0 Å². The van der Waals surface area contributed by atoms with Crippen molar-refractivity contribution in [2.45, 2.75) is 31.7 Å². The van der Waals surface area contributed by atoms with E-state index in [4.69, 9.17) is 16.3 Å². The summed E-state index contributed by atoms with van der Waals surface area (Å²) in [6.45, 7) is 1.69. The SMILES string of the molecule is O=C(NC1CCN(C(=O)C2CC2)CC1)OCCCl. The van der Waals surface area contributed by atoms with Crippen LogP contribution in [0.4, 0.5) is 4.79 Å². The maximum Gasteiger partial charge on any atom is 0.407 e. The van der Waals surface area contributed by atoms with Crippen molar-refractivity contribution in [1.29, 1.82) is 0 Å². The zero-order valence-electron chi connectivity index (χ0n) is 10.4. The number of ether oxygens (including phenoxy) is 1. The Morgan fingerprint density at radius 1 is 1.22 bits per heavy atom. The van der Waals surface area contributed by atoms with Gasteiger partial charge in [0, 0.05) is 25.0 Å².